The first kappa shape index (κ1) is 20.3. The van der Waals surface area contributed by atoms with Crippen molar-refractivity contribution >= 4 is 0 Å². The zero-order chi connectivity index (χ0) is 17.4. The molecule has 6 nitrogen and oxygen atoms in total. The first-order valence-corrected chi connectivity index (χ1v) is 9.23. The Bertz CT molecular complexity index is 401. The number of hydrogen-bond donors (Lipinski definition) is 1. The SMILES string of the molecule is c1ccc(CN2CCOCCOCCNCCOCCOCC2)cc1. The third-order valence-corrected chi connectivity index (χ3v) is 3.94. The van der Waals surface area contributed by atoms with Gasteiger partial charge in [-0.25, -0.2) is 0 Å². The molecule has 1 aromatic carbocycles. The molecule has 1 aliphatic heterocycles. The minimum Gasteiger partial charge on any atom is -0.378 e. The van der Waals surface area contributed by atoms with Gasteiger partial charge in [0.25, 0.3) is 0 Å². The first-order valence-electron chi connectivity index (χ1n) is 9.23. The molecule has 0 aliphatic carbocycles. The molecule has 0 spiro atoms. The van der Waals surface area contributed by atoms with Gasteiger partial charge in [-0.15, -0.1) is 0 Å². The Balaban J connectivity index is 1.73. The highest BCUT2D eigenvalue weighted by Crippen LogP contribution is 2.04. The maximum absolute atomic E-state index is 5.70. The van der Waals surface area contributed by atoms with Crippen LogP contribution in [0.3, 0.4) is 0 Å². The summed E-state index contributed by atoms with van der Waals surface area (Å²) in [7, 11) is 0. The fraction of sp³-hybridized carbons (Fsp3) is 0.684. The quantitative estimate of drug-likeness (QED) is 0.862. The average molecular weight is 352 g/mol. The van der Waals surface area contributed by atoms with E-state index < -0.39 is 0 Å². The Morgan fingerprint density at radius 3 is 1.76 bits per heavy atom. The van der Waals surface area contributed by atoms with Gasteiger partial charge in [-0.2, -0.15) is 0 Å². The van der Waals surface area contributed by atoms with E-state index in [4.69, 9.17) is 18.9 Å². The third-order valence-electron chi connectivity index (χ3n) is 3.94. The highest BCUT2D eigenvalue weighted by molar-refractivity contribution is 5.14. The van der Waals surface area contributed by atoms with E-state index in [2.05, 4.69) is 34.5 Å². The molecule has 1 N–H and O–H groups in total. The van der Waals surface area contributed by atoms with Crippen molar-refractivity contribution in [2.24, 2.45) is 0 Å². The van der Waals surface area contributed by atoms with Crippen molar-refractivity contribution in [1.82, 2.24) is 10.2 Å². The largest absolute Gasteiger partial charge is 0.378 e. The van der Waals surface area contributed by atoms with Crippen LogP contribution in [0.1, 0.15) is 5.56 Å². The van der Waals surface area contributed by atoms with Crippen molar-refractivity contribution in [3.8, 4) is 0 Å². The summed E-state index contributed by atoms with van der Waals surface area (Å²) in [5, 5.41) is 3.28. The minimum atomic E-state index is 0.638. The molecular weight excluding hydrogens is 320 g/mol. The lowest BCUT2D eigenvalue weighted by atomic mass is 10.2. The molecule has 1 heterocycles. The summed E-state index contributed by atoms with van der Waals surface area (Å²) in [6.07, 6.45) is 0. The Labute approximate surface area is 151 Å². The van der Waals surface area contributed by atoms with E-state index in [1.807, 2.05) is 6.07 Å². The topological polar surface area (TPSA) is 52.2 Å². The molecule has 0 unspecified atom stereocenters. The maximum atomic E-state index is 5.70. The summed E-state index contributed by atoms with van der Waals surface area (Å²) < 4.78 is 22.5. The van der Waals surface area contributed by atoms with Gasteiger partial charge >= 0.3 is 0 Å². The van der Waals surface area contributed by atoms with Crippen molar-refractivity contribution in [1.29, 1.82) is 0 Å². The molecule has 1 fully saturated rings. The van der Waals surface area contributed by atoms with Crippen LogP contribution in [0.5, 0.6) is 0 Å². The van der Waals surface area contributed by atoms with E-state index in [9.17, 15) is 0 Å². The van der Waals surface area contributed by atoms with Gasteiger partial charge in [-0.3, -0.25) is 4.90 Å². The van der Waals surface area contributed by atoms with Gasteiger partial charge in [0.2, 0.25) is 0 Å². The van der Waals surface area contributed by atoms with Crippen molar-refractivity contribution in [3.63, 3.8) is 0 Å². The number of nitrogens with zero attached hydrogens (tertiary/aromatic N) is 1. The summed E-state index contributed by atoms with van der Waals surface area (Å²) in [5.74, 6) is 0. The molecule has 1 aliphatic rings. The molecule has 0 aromatic heterocycles. The number of rotatable bonds is 2. The van der Waals surface area contributed by atoms with E-state index >= 15 is 0 Å². The Hall–Kier alpha value is -1.02. The zero-order valence-corrected chi connectivity index (χ0v) is 15.2. The van der Waals surface area contributed by atoms with Gasteiger partial charge in [-0.1, -0.05) is 30.3 Å². The Morgan fingerprint density at radius 1 is 0.680 bits per heavy atom. The summed E-state index contributed by atoms with van der Waals surface area (Å²) in [6.45, 7) is 9.72. The highest BCUT2D eigenvalue weighted by atomic mass is 16.5. The van der Waals surface area contributed by atoms with Crippen LogP contribution in [0.2, 0.25) is 0 Å². The summed E-state index contributed by atoms with van der Waals surface area (Å²) in [5.41, 5.74) is 1.31. The second-order valence-corrected chi connectivity index (χ2v) is 5.96. The number of hydrogen-bond acceptors (Lipinski definition) is 6. The number of benzene rings is 1. The Morgan fingerprint density at radius 2 is 1.20 bits per heavy atom. The first-order chi connectivity index (χ1) is 12.4. The van der Waals surface area contributed by atoms with Crippen LogP contribution < -0.4 is 5.32 Å². The Kier molecular flexibility index (Phi) is 11.5. The lowest BCUT2D eigenvalue weighted by Gasteiger charge is -2.22. The molecule has 6 heteroatoms. The minimum absolute atomic E-state index is 0.638. The van der Waals surface area contributed by atoms with E-state index in [-0.39, 0.29) is 0 Å². The molecule has 1 aromatic rings. The molecule has 2 rings (SSSR count). The molecule has 0 bridgehead atoms. The fourth-order valence-electron chi connectivity index (χ4n) is 2.56. The molecule has 1 saturated heterocycles. The zero-order valence-electron chi connectivity index (χ0n) is 15.2. The highest BCUT2D eigenvalue weighted by Gasteiger charge is 2.06. The third kappa shape index (κ3) is 10.5. The molecule has 0 atom stereocenters. The van der Waals surface area contributed by atoms with Gasteiger partial charge in [0.15, 0.2) is 0 Å². The fourth-order valence-corrected chi connectivity index (χ4v) is 2.56. The van der Waals surface area contributed by atoms with Crippen LogP contribution in [0.15, 0.2) is 30.3 Å². The van der Waals surface area contributed by atoms with E-state index in [0.717, 1.165) is 32.7 Å². The molecule has 0 saturated carbocycles. The predicted molar refractivity (Wildman–Crippen MR) is 97.9 cm³/mol. The van der Waals surface area contributed by atoms with Crippen LogP contribution in [-0.4, -0.2) is 83.9 Å². The molecule has 25 heavy (non-hydrogen) atoms. The standard InChI is InChI=1S/C19H32N2O4/c1-2-4-19(5-3-1)18-21-8-12-24-16-14-22-10-6-20-7-11-23-15-17-25-13-9-21/h1-5,20H,6-18H2. The predicted octanol–water partition coefficient (Wildman–Crippen LogP) is 1.16. The smallest absolute Gasteiger partial charge is 0.0701 e. The van der Waals surface area contributed by atoms with Crippen LogP contribution in [0, 0.1) is 0 Å². The second-order valence-electron chi connectivity index (χ2n) is 5.96. The van der Waals surface area contributed by atoms with Crippen LogP contribution in [0.4, 0.5) is 0 Å². The normalized spacial score (nSPS) is 21.3. The summed E-state index contributed by atoms with van der Waals surface area (Å²) in [6, 6.07) is 10.5. The van der Waals surface area contributed by atoms with Crippen molar-refractivity contribution in [2.75, 3.05) is 79.0 Å². The molecular formula is C19H32N2O4. The maximum Gasteiger partial charge on any atom is 0.0701 e. The van der Waals surface area contributed by atoms with Gasteiger partial charge < -0.3 is 24.3 Å². The van der Waals surface area contributed by atoms with Crippen LogP contribution >= 0.6 is 0 Å². The van der Waals surface area contributed by atoms with E-state index in [1.165, 1.54) is 5.56 Å². The van der Waals surface area contributed by atoms with Crippen molar-refractivity contribution < 1.29 is 18.9 Å². The van der Waals surface area contributed by atoms with E-state index in [0.29, 0.717) is 52.9 Å². The molecule has 142 valence electrons. The van der Waals surface area contributed by atoms with Crippen molar-refractivity contribution in [2.45, 2.75) is 6.54 Å². The average Bonchev–Trinajstić information content (AvgIpc) is 2.64. The summed E-state index contributed by atoms with van der Waals surface area (Å²) >= 11 is 0. The van der Waals surface area contributed by atoms with Crippen LogP contribution in [-0.2, 0) is 25.5 Å². The number of ether oxygens (including phenoxy) is 4. The molecule has 0 radical (unpaired) electrons. The number of nitrogens with one attached hydrogen (secondary N) is 1. The summed E-state index contributed by atoms with van der Waals surface area (Å²) in [4.78, 5) is 2.37. The van der Waals surface area contributed by atoms with Gasteiger partial charge in [0.05, 0.1) is 52.9 Å². The monoisotopic (exact) mass is 352 g/mol. The van der Waals surface area contributed by atoms with E-state index in [1.54, 1.807) is 0 Å². The lowest BCUT2D eigenvalue weighted by molar-refractivity contribution is 0.0194. The van der Waals surface area contributed by atoms with Crippen LogP contribution in [0.25, 0.3) is 0 Å². The van der Waals surface area contributed by atoms with Gasteiger partial charge in [0.1, 0.15) is 0 Å². The van der Waals surface area contributed by atoms with Crippen molar-refractivity contribution in [3.05, 3.63) is 35.9 Å². The lowest BCUT2D eigenvalue weighted by Crippen LogP contribution is -2.31. The molecule has 0 amide bonds. The van der Waals surface area contributed by atoms with Gasteiger partial charge in [-0.05, 0) is 5.56 Å². The second kappa shape index (κ2) is 14.2. The van der Waals surface area contributed by atoms with Gasteiger partial charge in [0, 0.05) is 32.7 Å².